The van der Waals surface area contributed by atoms with E-state index in [-0.39, 0.29) is 5.78 Å². The fraction of sp³-hybridized carbons (Fsp3) is 0.0667. The van der Waals surface area contributed by atoms with Crippen molar-refractivity contribution in [1.29, 1.82) is 0 Å². The first-order valence-corrected chi connectivity index (χ1v) is 5.45. The van der Waals surface area contributed by atoms with Crippen LogP contribution in [0.15, 0.2) is 48.8 Å². The molecule has 0 aliphatic rings. The number of ketones is 1. The molecule has 0 atom stereocenters. The predicted molar refractivity (Wildman–Crippen MR) is 69.6 cm³/mol. The Bertz CT molecular complexity index is 527. The van der Waals surface area contributed by atoms with Crippen LogP contribution in [0.2, 0.25) is 0 Å². The molecule has 1 aromatic heterocycles. The van der Waals surface area contributed by atoms with E-state index in [1.165, 1.54) is 0 Å². The molecule has 2 rings (SSSR count). The lowest BCUT2D eigenvalue weighted by Gasteiger charge is -1.97. The number of benzene rings is 1. The third-order valence-electron chi connectivity index (χ3n) is 2.49. The van der Waals surface area contributed by atoms with Crippen LogP contribution in [0, 0.1) is 0 Å². The Kier molecular flexibility index (Phi) is 3.46. The van der Waals surface area contributed by atoms with Gasteiger partial charge >= 0.3 is 0 Å². The summed E-state index contributed by atoms with van der Waals surface area (Å²) in [5.74, 6) is 0.0923. The first-order valence-electron chi connectivity index (χ1n) is 5.45. The first-order chi connectivity index (χ1) is 8.25. The minimum absolute atomic E-state index is 0.0923. The molecule has 0 aliphatic carbocycles. The molecule has 0 fully saturated rings. The molecule has 0 saturated heterocycles. The van der Waals surface area contributed by atoms with Crippen molar-refractivity contribution in [2.45, 2.75) is 6.92 Å². The molecule has 84 valence electrons. The second kappa shape index (κ2) is 5.21. The van der Waals surface area contributed by atoms with E-state index in [4.69, 9.17) is 0 Å². The fourth-order valence-electron chi connectivity index (χ4n) is 1.50. The van der Waals surface area contributed by atoms with Crippen LogP contribution < -0.4 is 0 Å². The molecule has 0 unspecified atom stereocenters. The Labute approximate surface area is 101 Å². The van der Waals surface area contributed by atoms with Crippen molar-refractivity contribution in [1.82, 2.24) is 4.98 Å². The normalized spacial score (nSPS) is 10.6. The number of pyridine rings is 1. The second-order valence-corrected chi connectivity index (χ2v) is 3.79. The molecule has 2 aromatic rings. The van der Waals surface area contributed by atoms with Gasteiger partial charge in [0.1, 0.15) is 0 Å². The van der Waals surface area contributed by atoms with Crippen LogP contribution in [-0.4, -0.2) is 10.8 Å². The number of rotatable bonds is 3. The van der Waals surface area contributed by atoms with Crippen molar-refractivity contribution in [3.8, 4) is 0 Å². The fourth-order valence-corrected chi connectivity index (χ4v) is 1.50. The van der Waals surface area contributed by atoms with Gasteiger partial charge in [0.05, 0.1) is 0 Å². The van der Waals surface area contributed by atoms with Crippen molar-refractivity contribution in [3.05, 3.63) is 65.5 Å². The summed E-state index contributed by atoms with van der Waals surface area (Å²) in [6, 6.07) is 11.5. The highest BCUT2D eigenvalue weighted by Gasteiger charge is 1.96. The maximum absolute atomic E-state index is 11.1. The number of aromatic nitrogens is 1. The molecule has 0 aliphatic heterocycles. The van der Waals surface area contributed by atoms with E-state index in [0.29, 0.717) is 0 Å². The Balaban J connectivity index is 2.14. The molecule has 2 heteroatoms. The molecule has 0 N–H and O–H groups in total. The topological polar surface area (TPSA) is 30.0 Å². The summed E-state index contributed by atoms with van der Waals surface area (Å²) in [5, 5.41) is 0. The summed E-state index contributed by atoms with van der Waals surface area (Å²) < 4.78 is 0. The number of carbonyl (C=O) groups is 1. The van der Waals surface area contributed by atoms with Gasteiger partial charge < -0.3 is 0 Å². The Morgan fingerprint density at radius 3 is 2.00 bits per heavy atom. The summed E-state index contributed by atoms with van der Waals surface area (Å²) in [5.41, 5.74) is 2.92. The number of Topliss-reactive ketones (excluding diaryl/α,β-unsaturated/α-hetero) is 1. The van der Waals surface area contributed by atoms with Gasteiger partial charge in [-0.15, -0.1) is 0 Å². The average molecular weight is 223 g/mol. The van der Waals surface area contributed by atoms with Gasteiger partial charge in [0, 0.05) is 18.0 Å². The molecule has 0 radical (unpaired) electrons. The highest BCUT2D eigenvalue weighted by atomic mass is 16.1. The lowest BCUT2D eigenvalue weighted by molar-refractivity contribution is 0.101. The zero-order valence-corrected chi connectivity index (χ0v) is 9.63. The van der Waals surface area contributed by atoms with Gasteiger partial charge in [0.2, 0.25) is 0 Å². The SMILES string of the molecule is CC(=O)c1ccc(/C=C/c2ccncc2)cc1. The van der Waals surface area contributed by atoms with Gasteiger partial charge in [-0.25, -0.2) is 0 Å². The van der Waals surface area contributed by atoms with E-state index in [1.807, 2.05) is 48.6 Å². The lowest BCUT2D eigenvalue weighted by Crippen LogP contribution is -1.90. The number of hydrogen-bond acceptors (Lipinski definition) is 2. The van der Waals surface area contributed by atoms with E-state index in [9.17, 15) is 4.79 Å². The van der Waals surface area contributed by atoms with Gasteiger partial charge in [0.15, 0.2) is 5.78 Å². The summed E-state index contributed by atoms with van der Waals surface area (Å²) in [6.45, 7) is 1.57. The number of nitrogens with zero attached hydrogens (tertiary/aromatic N) is 1. The largest absolute Gasteiger partial charge is 0.295 e. The van der Waals surface area contributed by atoms with Gasteiger partial charge in [-0.1, -0.05) is 36.4 Å². The maximum atomic E-state index is 11.1. The predicted octanol–water partition coefficient (Wildman–Crippen LogP) is 3.45. The Hall–Kier alpha value is -2.22. The third-order valence-corrected chi connectivity index (χ3v) is 2.49. The van der Waals surface area contributed by atoms with Crippen LogP contribution in [-0.2, 0) is 0 Å². The van der Waals surface area contributed by atoms with E-state index in [0.717, 1.165) is 16.7 Å². The standard InChI is InChI=1S/C15H13NO/c1-12(17)15-6-4-13(5-7-15)2-3-14-8-10-16-11-9-14/h2-11H,1H3/b3-2+. The molecular weight excluding hydrogens is 210 g/mol. The van der Waals surface area contributed by atoms with Crippen LogP contribution in [0.1, 0.15) is 28.4 Å². The van der Waals surface area contributed by atoms with Crippen LogP contribution >= 0.6 is 0 Å². The minimum atomic E-state index is 0.0923. The molecule has 0 spiro atoms. The summed E-state index contributed by atoms with van der Waals surface area (Å²) in [4.78, 5) is 15.1. The van der Waals surface area contributed by atoms with Crippen LogP contribution in [0.4, 0.5) is 0 Å². The Morgan fingerprint density at radius 1 is 0.941 bits per heavy atom. The molecule has 2 nitrogen and oxygen atoms in total. The molecule has 0 bridgehead atoms. The van der Waals surface area contributed by atoms with Gasteiger partial charge in [-0.05, 0) is 30.2 Å². The van der Waals surface area contributed by atoms with Crippen molar-refractivity contribution in [2.24, 2.45) is 0 Å². The van der Waals surface area contributed by atoms with E-state index >= 15 is 0 Å². The van der Waals surface area contributed by atoms with Crippen LogP contribution in [0.3, 0.4) is 0 Å². The zero-order chi connectivity index (χ0) is 12.1. The quantitative estimate of drug-likeness (QED) is 0.746. The van der Waals surface area contributed by atoms with Crippen molar-refractivity contribution >= 4 is 17.9 Å². The molecule has 17 heavy (non-hydrogen) atoms. The monoisotopic (exact) mass is 223 g/mol. The zero-order valence-electron chi connectivity index (χ0n) is 9.63. The van der Waals surface area contributed by atoms with E-state index in [2.05, 4.69) is 4.98 Å². The van der Waals surface area contributed by atoms with Gasteiger partial charge in [0.25, 0.3) is 0 Å². The lowest BCUT2D eigenvalue weighted by atomic mass is 10.1. The highest BCUT2D eigenvalue weighted by molar-refractivity contribution is 5.94. The third kappa shape index (κ3) is 3.11. The van der Waals surface area contributed by atoms with Crippen molar-refractivity contribution < 1.29 is 4.79 Å². The molecule has 0 amide bonds. The van der Waals surface area contributed by atoms with E-state index < -0.39 is 0 Å². The maximum Gasteiger partial charge on any atom is 0.159 e. The van der Waals surface area contributed by atoms with Gasteiger partial charge in [-0.2, -0.15) is 0 Å². The molecular formula is C15H13NO. The smallest absolute Gasteiger partial charge is 0.159 e. The van der Waals surface area contributed by atoms with E-state index in [1.54, 1.807) is 19.3 Å². The number of carbonyl (C=O) groups excluding carboxylic acids is 1. The summed E-state index contributed by atoms with van der Waals surface area (Å²) >= 11 is 0. The number of hydrogen-bond donors (Lipinski definition) is 0. The Morgan fingerprint density at radius 2 is 1.47 bits per heavy atom. The van der Waals surface area contributed by atoms with Crippen molar-refractivity contribution in [2.75, 3.05) is 0 Å². The van der Waals surface area contributed by atoms with Crippen LogP contribution in [0.5, 0.6) is 0 Å². The van der Waals surface area contributed by atoms with Crippen LogP contribution in [0.25, 0.3) is 12.2 Å². The molecule has 1 aromatic carbocycles. The van der Waals surface area contributed by atoms with Crippen molar-refractivity contribution in [3.63, 3.8) is 0 Å². The average Bonchev–Trinajstić information content (AvgIpc) is 2.38. The van der Waals surface area contributed by atoms with Gasteiger partial charge in [-0.3, -0.25) is 9.78 Å². The summed E-state index contributed by atoms with van der Waals surface area (Å²) in [6.07, 6.45) is 7.56. The minimum Gasteiger partial charge on any atom is -0.295 e. The molecule has 1 heterocycles. The summed E-state index contributed by atoms with van der Waals surface area (Å²) in [7, 11) is 0. The second-order valence-electron chi connectivity index (χ2n) is 3.79. The molecule has 0 saturated carbocycles. The highest BCUT2D eigenvalue weighted by Crippen LogP contribution is 2.09. The first kappa shape index (κ1) is 11.3.